The van der Waals surface area contributed by atoms with Gasteiger partial charge < -0.3 is 14.8 Å². The van der Waals surface area contributed by atoms with E-state index >= 15 is 0 Å². The predicted octanol–water partition coefficient (Wildman–Crippen LogP) is 4.71. The average Bonchev–Trinajstić information content (AvgIpc) is 2.79. The van der Waals surface area contributed by atoms with Gasteiger partial charge in [-0.05, 0) is 48.5 Å². The number of hydrogen-bond acceptors (Lipinski definition) is 6. The van der Waals surface area contributed by atoms with Crippen LogP contribution in [0.5, 0.6) is 11.5 Å². The molecule has 3 rings (SSSR count). The molecule has 1 amide bonds. The van der Waals surface area contributed by atoms with Crippen molar-refractivity contribution in [2.24, 2.45) is 5.10 Å². The third-order valence-corrected chi connectivity index (χ3v) is 4.18. The van der Waals surface area contributed by atoms with Gasteiger partial charge in [0.1, 0.15) is 11.6 Å². The number of hydrogen-bond donors (Lipinski definition) is 2. The Labute approximate surface area is 186 Å². The first kappa shape index (κ1) is 23.5. The van der Waals surface area contributed by atoms with Gasteiger partial charge in [-0.15, -0.1) is 0 Å². The Kier molecular flexibility index (Phi) is 7.44. The summed E-state index contributed by atoms with van der Waals surface area (Å²) in [6.45, 7) is -0.369. The number of carbonyl (C=O) groups excluding carboxylic acids is 1. The number of aromatic nitrogens is 1. The van der Waals surface area contributed by atoms with Crippen molar-refractivity contribution in [3.8, 4) is 11.5 Å². The van der Waals surface area contributed by atoms with Gasteiger partial charge in [-0.25, -0.2) is 9.37 Å². The summed E-state index contributed by atoms with van der Waals surface area (Å²) in [5.41, 5.74) is 2.48. The number of carbonyl (C=O) groups is 1. The Morgan fingerprint density at radius 1 is 1.12 bits per heavy atom. The van der Waals surface area contributed by atoms with Crippen molar-refractivity contribution in [1.29, 1.82) is 0 Å². The Morgan fingerprint density at radius 3 is 2.52 bits per heavy atom. The molecule has 0 aliphatic rings. The zero-order valence-electron chi connectivity index (χ0n) is 17.2. The van der Waals surface area contributed by atoms with Crippen LogP contribution in [0.15, 0.2) is 65.9 Å². The van der Waals surface area contributed by atoms with Crippen LogP contribution in [0.4, 0.5) is 29.1 Å². The van der Waals surface area contributed by atoms with Gasteiger partial charge in [-0.2, -0.15) is 18.3 Å². The largest absolute Gasteiger partial charge is 0.493 e. The van der Waals surface area contributed by atoms with Crippen LogP contribution in [-0.2, 0) is 11.0 Å². The van der Waals surface area contributed by atoms with E-state index in [1.54, 1.807) is 18.2 Å². The second-order valence-corrected chi connectivity index (χ2v) is 6.52. The zero-order valence-corrected chi connectivity index (χ0v) is 17.2. The quantitative estimate of drug-likeness (QED) is 0.288. The topological polar surface area (TPSA) is 84.8 Å². The van der Waals surface area contributed by atoms with Crippen LogP contribution in [0.3, 0.4) is 0 Å². The molecule has 0 aliphatic heterocycles. The highest BCUT2D eigenvalue weighted by molar-refractivity contribution is 5.92. The molecule has 11 heteroatoms. The summed E-state index contributed by atoms with van der Waals surface area (Å²) >= 11 is 0. The minimum atomic E-state index is -4.48. The number of ether oxygens (including phenoxy) is 2. The fraction of sp³-hybridized carbons (Fsp3) is 0.136. The van der Waals surface area contributed by atoms with Gasteiger partial charge in [0.15, 0.2) is 18.1 Å². The minimum absolute atomic E-state index is 0.100. The second kappa shape index (κ2) is 10.4. The van der Waals surface area contributed by atoms with Gasteiger partial charge in [-0.3, -0.25) is 10.2 Å². The van der Waals surface area contributed by atoms with E-state index in [1.807, 2.05) is 0 Å². The number of alkyl halides is 3. The molecular formula is C22H18F4N4O3. The molecule has 0 unspecified atom stereocenters. The van der Waals surface area contributed by atoms with E-state index < -0.39 is 23.5 Å². The summed E-state index contributed by atoms with van der Waals surface area (Å²) in [5, 5.41) is 6.52. The molecule has 0 atom stereocenters. The number of pyridine rings is 1. The molecule has 7 nitrogen and oxygen atoms in total. The van der Waals surface area contributed by atoms with Crippen LogP contribution < -0.4 is 20.2 Å². The van der Waals surface area contributed by atoms with Crippen LogP contribution in [-0.4, -0.2) is 30.8 Å². The maximum atomic E-state index is 13.0. The SMILES string of the molecule is COc1cccc(/C=N\Nc2ccc(C(F)(F)F)cn2)c1OCC(=O)Nc1ccc(F)cc1. The van der Waals surface area contributed by atoms with Gasteiger partial charge in [0.25, 0.3) is 5.91 Å². The zero-order chi connectivity index (χ0) is 23.8. The van der Waals surface area contributed by atoms with E-state index in [-0.39, 0.29) is 18.2 Å². The fourth-order valence-corrected chi connectivity index (χ4v) is 2.61. The molecule has 0 aliphatic carbocycles. The Bertz CT molecular complexity index is 1120. The predicted molar refractivity (Wildman–Crippen MR) is 114 cm³/mol. The average molecular weight is 462 g/mol. The van der Waals surface area contributed by atoms with Gasteiger partial charge in [0.2, 0.25) is 0 Å². The number of amides is 1. The molecule has 0 radical (unpaired) electrons. The van der Waals surface area contributed by atoms with E-state index in [1.165, 1.54) is 37.6 Å². The molecule has 1 aromatic heterocycles. The minimum Gasteiger partial charge on any atom is -0.493 e. The first-order valence-corrected chi connectivity index (χ1v) is 9.44. The Hall–Kier alpha value is -4.15. The van der Waals surface area contributed by atoms with E-state index in [9.17, 15) is 22.4 Å². The Morgan fingerprint density at radius 2 is 1.88 bits per heavy atom. The maximum Gasteiger partial charge on any atom is 0.417 e. The number of halogens is 4. The highest BCUT2D eigenvalue weighted by Gasteiger charge is 2.30. The fourth-order valence-electron chi connectivity index (χ4n) is 2.61. The van der Waals surface area contributed by atoms with Gasteiger partial charge in [0.05, 0.1) is 18.9 Å². The van der Waals surface area contributed by atoms with E-state index in [0.29, 0.717) is 23.2 Å². The highest BCUT2D eigenvalue weighted by atomic mass is 19.4. The monoisotopic (exact) mass is 462 g/mol. The van der Waals surface area contributed by atoms with Crippen molar-refractivity contribution in [1.82, 2.24) is 4.98 Å². The van der Waals surface area contributed by atoms with Crippen LogP contribution >= 0.6 is 0 Å². The highest BCUT2D eigenvalue weighted by Crippen LogP contribution is 2.30. The van der Waals surface area contributed by atoms with Gasteiger partial charge in [-0.1, -0.05) is 6.07 Å². The second-order valence-electron chi connectivity index (χ2n) is 6.52. The normalized spacial score (nSPS) is 11.3. The number of rotatable bonds is 8. The lowest BCUT2D eigenvalue weighted by Gasteiger charge is -2.13. The maximum absolute atomic E-state index is 13.0. The lowest BCUT2D eigenvalue weighted by atomic mass is 10.2. The van der Waals surface area contributed by atoms with Crippen LogP contribution in [0, 0.1) is 5.82 Å². The smallest absolute Gasteiger partial charge is 0.417 e. The molecule has 0 saturated carbocycles. The van der Waals surface area contributed by atoms with Crippen LogP contribution in [0.2, 0.25) is 0 Å². The lowest BCUT2D eigenvalue weighted by molar-refractivity contribution is -0.137. The third kappa shape index (κ3) is 6.66. The molecule has 33 heavy (non-hydrogen) atoms. The molecule has 2 aromatic carbocycles. The molecule has 0 bridgehead atoms. The summed E-state index contributed by atoms with van der Waals surface area (Å²) in [7, 11) is 1.42. The molecule has 3 aromatic rings. The summed E-state index contributed by atoms with van der Waals surface area (Å²) in [4.78, 5) is 15.8. The van der Waals surface area contributed by atoms with Crippen molar-refractivity contribution in [3.63, 3.8) is 0 Å². The van der Waals surface area contributed by atoms with Crippen molar-refractivity contribution in [2.75, 3.05) is 24.5 Å². The summed E-state index contributed by atoms with van der Waals surface area (Å²) < 4.78 is 61.7. The Balaban J connectivity index is 1.66. The number of benzene rings is 2. The number of methoxy groups -OCH3 is 1. The standard InChI is InChI=1S/C22H18F4N4O3/c1-32-18-4-2-3-14(11-28-30-19-10-5-15(12-27-19)22(24,25)26)21(18)33-13-20(31)29-17-8-6-16(23)7-9-17/h2-12H,13H2,1H3,(H,27,30)(H,29,31)/b28-11-. The number of anilines is 2. The van der Waals surface area contributed by atoms with Gasteiger partial charge in [0, 0.05) is 17.4 Å². The van der Waals surface area contributed by atoms with Crippen LogP contribution in [0.1, 0.15) is 11.1 Å². The molecule has 172 valence electrons. The molecule has 0 spiro atoms. The van der Waals surface area contributed by atoms with E-state index in [0.717, 1.165) is 12.1 Å². The number of nitrogens with zero attached hydrogens (tertiary/aromatic N) is 2. The molecular weight excluding hydrogens is 444 g/mol. The molecule has 2 N–H and O–H groups in total. The molecule has 1 heterocycles. The number of hydrazone groups is 1. The third-order valence-electron chi connectivity index (χ3n) is 4.18. The number of nitrogens with one attached hydrogen (secondary N) is 2. The number of para-hydroxylation sites is 1. The molecule has 0 fully saturated rings. The first-order valence-electron chi connectivity index (χ1n) is 9.44. The van der Waals surface area contributed by atoms with Crippen molar-refractivity contribution < 1.29 is 31.8 Å². The van der Waals surface area contributed by atoms with Crippen molar-refractivity contribution in [3.05, 3.63) is 77.7 Å². The van der Waals surface area contributed by atoms with Gasteiger partial charge >= 0.3 is 6.18 Å². The lowest BCUT2D eigenvalue weighted by Crippen LogP contribution is -2.20. The summed E-state index contributed by atoms with van der Waals surface area (Å²) in [6.07, 6.45) is -2.45. The molecule has 0 saturated heterocycles. The van der Waals surface area contributed by atoms with Crippen molar-refractivity contribution >= 4 is 23.6 Å². The summed E-state index contributed by atoms with van der Waals surface area (Å²) in [5.74, 6) is -0.255. The van der Waals surface area contributed by atoms with Crippen molar-refractivity contribution in [2.45, 2.75) is 6.18 Å². The van der Waals surface area contributed by atoms with E-state index in [2.05, 4.69) is 20.8 Å². The summed E-state index contributed by atoms with van der Waals surface area (Å²) in [6, 6.07) is 12.2. The van der Waals surface area contributed by atoms with E-state index in [4.69, 9.17) is 9.47 Å². The first-order chi connectivity index (χ1) is 15.8. The van der Waals surface area contributed by atoms with Crippen LogP contribution in [0.25, 0.3) is 0 Å².